The number of aromatic nitrogens is 2. The van der Waals surface area contributed by atoms with Crippen molar-refractivity contribution in [2.24, 2.45) is 0 Å². The van der Waals surface area contributed by atoms with Gasteiger partial charge in [-0.15, -0.1) is 11.3 Å². The number of hydrogen-bond donors (Lipinski definition) is 2. The molecule has 4 rings (SSSR count). The van der Waals surface area contributed by atoms with E-state index in [2.05, 4.69) is 34.0 Å². The van der Waals surface area contributed by atoms with Crippen molar-refractivity contribution in [1.29, 1.82) is 0 Å². The number of pyridine rings is 1. The second-order valence-corrected chi connectivity index (χ2v) is 8.52. The Balaban J connectivity index is 0.00000166. The third-order valence-corrected chi connectivity index (χ3v) is 5.82. The first-order chi connectivity index (χ1) is 19.0. The molecule has 2 N–H and O–H groups in total. The van der Waals surface area contributed by atoms with E-state index in [1.807, 2.05) is 72.9 Å². The van der Waals surface area contributed by atoms with E-state index >= 15 is 0 Å². The number of thiazole rings is 1. The molecule has 1 aliphatic rings. The number of nitrogens with one attached hydrogen (secondary N) is 1. The molecule has 3 aromatic rings. The summed E-state index contributed by atoms with van der Waals surface area (Å²) in [5, 5.41) is 17.7. The minimum absolute atomic E-state index is 0.00962. The number of ether oxygens (including phenoxy) is 3. The van der Waals surface area contributed by atoms with Crippen LogP contribution in [0.1, 0.15) is 69.2 Å². The van der Waals surface area contributed by atoms with Crippen molar-refractivity contribution >= 4 is 27.4 Å². The van der Waals surface area contributed by atoms with Crippen LogP contribution in [0.5, 0.6) is 17.2 Å². The first-order valence-electron chi connectivity index (χ1n) is 14.4. The molecule has 1 fully saturated rings. The van der Waals surface area contributed by atoms with E-state index < -0.39 is 0 Å². The fraction of sp³-hybridized carbons (Fsp3) is 0.600. The van der Waals surface area contributed by atoms with Crippen LogP contribution in [0.4, 0.5) is 5.13 Å². The number of nitrogens with zero attached hydrogens (tertiary/aromatic N) is 3. The summed E-state index contributed by atoms with van der Waals surface area (Å²) in [6.45, 7) is 24.7. The zero-order valence-electron chi connectivity index (χ0n) is 26.1. The highest BCUT2D eigenvalue weighted by molar-refractivity contribution is 7.14. The Morgan fingerprint density at radius 1 is 0.974 bits per heavy atom. The Morgan fingerprint density at radius 2 is 1.62 bits per heavy atom. The first-order valence-corrected chi connectivity index (χ1v) is 15.3. The molecule has 9 heteroatoms. The predicted octanol–water partition coefficient (Wildman–Crippen LogP) is 7.71. The molecule has 0 spiro atoms. The van der Waals surface area contributed by atoms with Crippen molar-refractivity contribution in [2.45, 2.75) is 75.3 Å². The molecule has 0 atom stereocenters. The van der Waals surface area contributed by atoms with Crippen LogP contribution in [0.2, 0.25) is 0 Å². The summed E-state index contributed by atoms with van der Waals surface area (Å²) >= 11 is 1.52. The number of phenols is 1. The number of hydrogen-bond acceptors (Lipinski definition) is 9. The molecule has 39 heavy (non-hydrogen) atoms. The summed E-state index contributed by atoms with van der Waals surface area (Å²) in [7, 11) is 1.61. The monoisotopic (exact) mass is 564 g/mol. The molecule has 1 saturated heterocycles. The van der Waals surface area contributed by atoms with E-state index in [0.29, 0.717) is 35.4 Å². The van der Waals surface area contributed by atoms with Gasteiger partial charge in [0.15, 0.2) is 16.6 Å². The maximum absolute atomic E-state index is 10.9. The highest BCUT2D eigenvalue weighted by Crippen LogP contribution is 2.39. The van der Waals surface area contributed by atoms with Gasteiger partial charge in [0, 0.05) is 42.5 Å². The molecule has 8 nitrogen and oxygen atoms in total. The van der Waals surface area contributed by atoms with Gasteiger partial charge in [0.1, 0.15) is 23.6 Å². The van der Waals surface area contributed by atoms with Gasteiger partial charge in [-0.25, -0.2) is 9.97 Å². The van der Waals surface area contributed by atoms with Crippen molar-refractivity contribution in [1.82, 2.24) is 14.9 Å². The van der Waals surface area contributed by atoms with E-state index in [0.717, 1.165) is 49.1 Å². The third-order valence-electron chi connectivity index (χ3n) is 5.05. The standard InChI is InChI=1S/C22H28N4O4S.4C2H6/c1-14(2)23-22-25-17(13-31-22)16-12-19(28-3)15-4-5-18(21(27)20(15)24-16)30-11-8-26-6-9-29-10-7-26;4*1-2/h4-5,12-14,27H,6-11H2,1-3H3,(H,23,25);4*1-2H3. The van der Waals surface area contributed by atoms with E-state index in [9.17, 15) is 5.11 Å². The van der Waals surface area contributed by atoms with Gasteiger partial charge in [-0.1, -0.05) is 55.4 Å². The minimum atomic E-state index is 0.00962. The second-order valence-electron chi connectivity index (χ2n) is 7.66. The van der Waals surface area contributed by atoms with Crippen LogP contribution in [0, 0.1) is 0 Å². The maximum Gasteiger partial charge on any atom is 0.184 e. The number of anilines is 1. The third kappa shape index (κ3) is 11.2. The summed E-state index contributed by atoms with van der Waals surface area (Å²) in [4.78, 5) is 11.6. The van der Waals surface area contributed by atoms with E-state index in [1.54, 1.807) is 13.2 Å². The number of methoxy groups -OCH3 is 1. The van der Waals surface area contributed by atoms with Crippen molar-refractivity contribution in [2.75, 3.05) is 51.9 Å². The molecule has 1 aliphatic heterocycles. The zero-order valence-corrected chi connectivity index (χ0v) is 26.9. The lowest BCUT2D eigenvalue weighted by atomic mass is 10.1. The Bertz CT molecular complexity index is 1040. The average Bonchev–Trinajstić information content (AvgIpc) is 3.46. The van der Waals surface area contributed by atoms with Crippen LogP contribution in [0.15, 0.2) is 23.6 Å². The van der Waals surface area contributed by atoms with Gasteiger partial charge in [0.25, 0.3) is 0 Å². The van der Waals surface area contributed by atoms with Crippen molar-refractivity contribution in [3.8, 4) is 28.6 Å². The highest BCUT2D eigenvalue weighted by atomic mass is 32.1. The lowest BCUT2D eigenvalue weighted by Gasteiger charge is -2.26. The second kappa shape index (κ2) is 21.2. The number of fused-ring (bicyclic) bond motifs is 1. The molecular weight excluding hydrogens is 512 g/mol. The Labute approximate surface area is 240 Å². The number of morpholine rings is 1. The summed E-state index contributed by atoms with van der Waals surface area (Å²) in [6.07, 6.45) is 0. The fourth-order valence-electron chi connectivity index (χ4n) is 3.46. The maximum atomic E-state index is 10.9. The highest BCUT2D eigenvalue weighted by Gasteiger charge is 2.17. The molecule has 0 unspecified atom stereocenters. The number of phenolic OH excluding ortho intramolecular Hbond substituents is 1. The molecule has 1 aromatic carbocycles. The average molecular weight is 565 g/mol. The molecular formula is C30H52N4O4S. The van der Waals surface area contributed by atoms with Crippen molar-refractivity contribution in [3.05, 3.63) is 23.6 Å². The fourth-order valence-corrected chi connectivity index (χ4v) is 4.31. The Kier molecular flexibility index (Phi) is 19.8. The SMILES string of the molecule is CC.CC.CC.CC.COc1cc(-c2csc(NC(C)C)n2)nc2c(O)c(OCCN3CCOCC3)ccc12. The minimum Gasteiger partial charge on any atom is -0.503 e. The van der Waals surface area contributed by atoms with Gasteiger partial charge >= 0.3 is 0 Å². The Morgan fingerprint density at radius 3 is 2.21 bits per heavy atom. The van der Waals surface area contributed by atoms with Gasteiger partial charge in [0.05, 0.1) is 26.0 Å². The van der Waals surface area contributed by atoms with E-state index in [-0.39, 0.29) is 5.75 Å². The Hall–Kier alpha value is -2.62. The lowest BCUT2D eigenvalue weighted by Crippen LogP contribution is -2.38. The van der Waals surface area contributed by atoms with E-state index in [4.69, 9.17) is 14.2 Å². The first kappa shape index (κ1) is 36.4. The summed E-state index contributed by atoms with van der Waals surface area (Å²) in [6, 6.07) is 5.75. The molecule has 0 aliphatic carbocycles. The quantitative estimate of drug-likeness (QED) is 0.288. The molecule has 2 aromatic heterocycles. The summed E-state index contributed by atoms with van der Waals surface area (Å²) in [5.41, 5.74) is 1.80. The van der Waals surface area contributed by atoms with Crippen LogP contribution in [-0.2, 0) is 4.74 Å². The van der Waals surface area contributed by atoms with Crippen molar-refractivity contribution < 1.29 is 19.3 Å². The molecule has 222 valence electrons. The summed E-state index contributed by atoms with van der Waals surface area (Å²) < 4.78 is 16.8. The summed E-state index contributed by atoms with van der Waals surface area (Å²) in [5.74, 6) is 1.05. The smallest absolute Gasteiger partial charge is 0.184 e. The van der Waals surface area contributed by atoms with Gasteiger partial charge in [0.2, 0.25) is 0 Å². The van der Waals surface area contributed by atoms with Gasteiger partial charge in [-0.05, 0) is 26.0 Å². The largest absolute Gasteiger partial charge is 0.503 e. The predicted molar refractivity (Wildman–Crippen MR) is 168 cm³/mol. The number of aromatic hydroxyl groups is 1. The van der Waals surface area contributed by atoms with Gasteiger partial charge in [-0.3, -0.25) is 4.90 Å². The topological polar surface area (TPSA) is 89.0 Å². The van der Waals surface area contributed by atoms with Crippen LogP contribution >= 0.6 is 11.3 Å². The van der Waals surface area contributed by atoms with Gasteiger partial charge < -0.3 is 24.6 Å². The van der Waals surface area contributed by atoms with Crippen LogP contribution in [0.3, 0.4) is 0 Å². The number of rotatable bonds is 8. The lowest BCUT2D eigenvalue weighted by molar-refractivity contribution is 0.0321. The zero-order chi connectivity index (χ0) is 29.8. The normalized spacial score (nSPS) is 12.4. The number of benzene rings is 1. The molecule has 0 bridgehead atoms. The van der Waals surface area contributed by atoms with Gasteiger partial charge in [-0.2, -0.15) is 0 Å². The van der Waals surface area contributed by atoms with Crippen molar-refractivity contribution in [3.63, 3.8) is 0 Å². The molecule has 0 saturated carbocycles. The van der Waals surface area contributed by atoms with E-state index in [1.165, 1.54) is 11.3 Å². The molecule has 3 heterocycles. The molecule has 0 amide bonds. The van der Waals surface area contributed by atoms with Crippen LogP contribution in [0.25, 0.3) is 22.3 Å². The van der Waals surface area contributed by atoms with Crippen LogP contribution in [-0.4, -0.2) is 72.6 Å². The molecule has 0 radical (unpaired) electrons. The van der Waals surface area contributed by atoms with Crippen LogP contribution < -0.4 is 14.8 Å².